The average molecular weight is 317 g/mol. The summed E-state index contributed by atoms with van der Waals surface area (Å²) in [4.78, 5) is 27.7. The van der Waals surface area contributed by atoms with Crippen molar-refractivity contribution in [3.63, 3.8) is 0 Å². The molecule has 0 aliphatic heterocycles. The molecule has 0 saturated heterocycles. The SMILES string of the molecule is CCCC(CNC(=O)c1ccccc1-c1nc(C)no1)C(=O)O. The molecule has 0 radical (unpaired) electrons. The van der Waals surface area contributed by atoms with Crippen molar-refractivity contribution >= 4 is 11.9 Å². The number of nitrogens with one attached hydrogen (secondary N) is 1. The van der Waals surface area contributed by atoms with Crippen molar-refractivity contribution in [1.82, 2.24) is 15.5 Å². The zero-order valence-electron chi connectivity index (χ0n) is 13.1. The summed E-state index contributed by atoms with van der Waals surface area (Å²) < 4.78 is 5.11. The summed E-state index contributed by atoms with van der Waals surface area (Å²) >= 11 is 0. The first-order valence-electron chi connectivity index (χ1n) is 7.43. The first-order chi connectivity index (χ1) is 11.0. The molecule has 0 fully saturated rings. The van der Waals surface area contributed by atoms with Crippen molar-refractivity contribution in [2.24, 2.45) is 5.92 Å². The molecule has 0 aliphatic rings. The zero-order valence-corrected chi connectivity index (χ0v) is 13.1. The third-order valence-corrected chi connectivity index (χ3v) is 3.43. The molecule has 0 aliphatic carbocycles. The molecular weight excluding hydrogens is 298 g/mol. The van der Waals surface area contributed by atoms with Crippen molar-refractivity contribution in [1.29, 1.82) is 0 Å². The van der Waals surface area contributed by atoms with Crippen LogP contribution < -0.4 is 5.32 Å². The lowest BCUT2D eigenvalue weighted by Gasteiger charge is -2.13. The van der Waals surface area contributed by atoms with E-state index >= 15 is 0 Å². The Hall–Kier alpha value is -2.70. The maximum Gasteiger partial charge on any atom is 0.308 e. The fourth-order valence-electron chi connectivity index (χ4n) is 2.25. The third kappa shape index (κ3) is 4.15. The number of hydrogen-bond acceptors (Lipinski definition) is 5. The van der Waals surface area contributed by atoms with Gasteiger partial charge in [0.25, 0.3) is 11.8 Å². The number of rotatable bonds is 7. The minimum atomic E-state index is -0.909. The number of carbonyl (C=O) groups excluding carboxylic acids is 1. The van der Waals surface area contributed by atoms with E-state index in [4.69, 9.17) is 9.63 Å². The van der Waals surface area contributed by atoms with Gasteiger partial charge in [0.05, 0.1) is 17.0 Å². The second kappa shape index (κ2) is 7.53. The highest BCUT2D eigenvalue weighted by Crippen LogP contribution is 2.22. The minimum Gasteiger partial charge on any atom is -0.481 e. The number of aromatic nitrogens is 2. The van der Waals surface area contributed by atoms with Gasteiger partial charge in [-0.25, -0.2) is 0 Å². The number of carboxylic acid groups (broad SMARTS) is 1. The van der Waals surface area contributed by atoms with Gasteiger partial charge in [0.2, 0.25) is 0 Å². The summed E-state index contributed by atoms with van der Waals surface area (Å²) in [7, 11) is 0. The van der Waals surface area contributed by atoms with Crippen LogP contribution in [0.1, 0.15) is 35.9 Å². The number of carbonyl (C=O) groups is 2. The molecule has 1 atom stereocenters. The fourth-order valence-corrected chi connectivity index (χ4v) is 2.25. The molecule has 1 amide bonds. The first-order valence-corrected chi connectivity index (χ1v) is 7.43. The number of aryl methyl sites for hydroxylation is 1. The largest absolute Gasteiger partial charge is 0.481 e. The van der Waals surface area contributed by atoms with Crippen LogP contribution in [0.4, 0.5) is 0 Å². The molecule has 0 bridgehead atoms. The molecule has 0 spiro atoms. The van der Waals surface area contributed by atoms with Crippen LogP contribution in [0.15, 0.2) is 28.8 Å². The van der Waals surface area contributed by atoms with Crippen molar-refractivity contribution in [2.75, 3.05) is 6.54 Å². The van der Waals surface area contributed by atoms with E-state index in [2.05, 4.69) is 15.5 Å². The number of carboxylic acids is 1. The number of amides is 1. The van der Waals surface area contributed by atoms with Gasteiger partial charge in [-0.2, -0.15) is 4.98 Å². The molecule has 0 saturated carbocycles. The Kier molecular flexibility index (Phi) is 5.46. The van der Waals surface area contributed by atoms with Crippen LogP contribution >= 0.6 is 0 Å². The molecule has 2 N–H and O–H groups in total. The summed E-state index contributed by atoms with van der Waals surface area (Å²) in [6, 6.07) is 6.84. The summed E-state index contributed by atoms with van der Waals surface area (Å²) in [5.41, 5.74) is 0.893. The van der Waals surface area contributed by atoms with Gasteiger partial charge >= 0.3 is 5.97 Å². The maximum absolute atomic E-state index is 12.4. The second-order valence-corrected chi connectivity index (χ2v) is 5.23. The lowest BCUT2D eigenvalue weighted by Crippen LogP contribution is -2.33. The molecule has 122 valence electrons. The van der Waals surface area contributed by atoms with Crippen LogP contribution in [0.2, 0.25) is 0 Å². The van der Waals surface area contributed by atoms with Gasteiger partial charge in [-0.15, -0.1) is 0 Å². The average Bonchev–Trinajstić information content (AvgIpc) is 2.97. The second-order valence-electron chi connectivity index (χ2n) is 5.23. The standard InChI is InChI=1S/C16H19N3O4/c1-3-6-11(16(21)22)9-17-14(20)12-7-4-5-8-13(12)15-18-10(2)19-23-15/h4-5,7-8,11H,3,6,9H2,1-2H3,(H,17,20)(H,21,22). The van der Waals surface area contributed by atoms with Gasteiger partial charge in [-0.3, -0.25) is 9.59 Å². The molecule has 1 aromatic carbocycles. The maximum atomic E-state index is 12.4. The van der Waals surface area contributed by atoms with Crippen molar-refractivity contribution in [2.45, 2.75) is 26.7 Å². The van der Waals surface area contributed by atoms with E-state index in [0.29, 0.717) is 23.4 Å². The van der Waals surface area contributed by atoms with Crippen molar-refractivity contribution in [3.05, 3.63) is 35.7 Å². The molecule has 23 heavy (non-hydrogen) atoms. The predicted octanol–water partition coefficient (Wildman–Crippen LogP) is 2.28. The number of aliphatic carboxylic acids is 1. The summed E-state index contributed by atoms with van der Waals surface area (Å²) in [5.74, 6) is -1.13. The van der Waals surface area contributed by atoms with Gasteiger partial charge in [0.15, 0.2) is 5.82 Å². The van der Waals surface area contributed by atoms with E-state index in [0.717, 1.165) is 6.42 Å². The summed E-state index contributed by atoms with van der Waals surface area (Å²) in [6.07, 6.45) is 1.25. The lowest BCUT2D eigenvalue weighted by atomic mass is 10.0. The first kappa shape index (κ1) is 16.7. The Balaban J connectivity index is 2.15. The van der Waals surface area contributed by atoms with E-state index < -0.39 is 11.9 Å². The van der Waals surface area contributed by atoms with Crippen LogP contribution in [-0.2, 0) is 4.79 Å². The molecule has 2 aromatic rings. The number of hydrogen-bond donors (Lipinski definition) is 2. The predicted molar refractivity (Wildman–Crippen MR) is 82.8 cm³/mol. The third-order valence-electron chi connectivity index (χ3n) is 3.43. The van der Waals surface area contributed by atoms with E-state index in [9.17, 15) is 9.59 Å². The van der Waals surface area contributed by atoms with Crippen LogP contribution in [0.25, 0.3) is 11.5 Å². The van der Waals surface area contributed by atoms with Crippen LogP contribution in [0, 0.1) is 12.8 Å². The highest BCUT2D eigenvalue weighted by molar-refractivity contribution is 6.00. The van der Waals surface area contributed by atoms with Crippen LogP contribution in [0.3, 0.4) is 0 Å². The van der Waals surface area contributed by atoms with Crippen LogP contribution in [0.5, 0.6) is 0 Å². The van der Waals surface area contributed by atoms with Gasteiger partial charge in [-0.05, 0) is 25.5 Å². The summed E-state index contributed by atoms with van der Waals surface area (Å²) in [5, 5.41) is 15.5. The van der Waals surface area contributed by atoms with E-state index in [1.54, 1.807) is 31.2 Å². The van der Waals surface area contributed by atoms with Crippen molar-refractivity contribution in [3.8, 4) is 11.5 Å². The molecule has 1 unspecified atom stereocenters. The zero-order chi connectivity index (χ0) is 16.8. The molecule has 7 nitrogen and oxygen atoms in total. The highest BCUT2D eigenvalue weighted by atomic mass is 16.5. The van der Waals surface area contributed by atoms with E-state index in [1.807, 2.05) is 6.92 Å². The van der Waals surface area contributed by atoms with E-state index in [-0.39, 0.29) is 18.3 Å². The highest BCUT2D eigenvalue weighted by Gasteiger charge is 2.20. The normalized spacial score (nSPS) is 11.9. The molecule has 7 heteroatoms. The Morgan fingerprint density at radius 1 is 1.35 bits per heavy atom. The monoisotopic (exact) mass is 317 g/mol. The topological polar surface area (TPSA) is 105 Å². The lowest BCUT2D eigenvalue weighted by molar-refractivity contribution is -0.141. The van der Waals surface area contributed by atoms with Crippen LogP contribution in [-0.4, -0.2) is 33.7 Å². The van der Waals surface area contributed by atoms with Gasteiger partial charge in [0, 0.05) is 6.54 Å². The summed E-state index contributed by atoms with van der Waals surface area (Å²) in [6.45, 7) is 3.68. The Bertz CT molecular complexity index is 696. The number of benzene rings is 1. The van der Waals surface area contributed by atoms with Crippen molar-refractivity contribution < 1.29 is 19.2 Å². The van der Waals surface area contributed by atoms with E-state index in [1.165, 1.54) is 0 Å². The molecule has 1 aromatic heterocycles. The smallest absolute Gasteiger partial charge is 0.308 e. The Labute approximate surface area is 133 Å². The molecule has 2 rings (SSSR count). The Morgan fingerprint density at radius 2 is 2.09 bits per heavy atom. The van der Waals surface area contributed by atoms with Gasteiger partial charge in [-0.1, -0.05) is 30.6 Å². The van der Waals surface area contributed by atoms with Gasteiger partial charge in [0.1, 0.15) is 0 Å². The van der Waals surface area contributed by atoms with Gasteiger partial charge < -0.3 is 14.9 Å². The Morgan fingerprint density at radius 3 is 2.70 bits per heavy atom. The fraction of sp³-hybridized carbons (Fsp3) is 0.375. The minimum absolute atomic E-state index is 0.0825. The molecular formula is C16H19N3O4. The number of nitrogens with zero attached hydrogens (tertiary/aromatic N) is 2. The molecule has 1 heterocycles. The quantitative estimate of drug-likeness (QED) is 0.811.